The Morgan fingerprint density at radius 3 is 2.48 bits per heavy atom. The van der Waals surface area contributed by atoms with Crippen LogP contribution in [-0.4, -0.2) is 31.7 Å². The highest BCUT2D eigenvalue weighted by atomic mass is 35.5. The van der Waals surface area contributed by atoms with E-state index < -0.39 is 15.9 Å². The summed E-state index contributed by atoms with van der Waals surface area (Å²) in [5.41, 5.74) is 3.25. The van der Waals surface area contributed by atoms with Gasteiger partial charge in [0.2, 0.25) is 15.9 Å². The third kappa shape index (κ3) is 5.12. The Kier molecular flexibility index (Phi) is 6.89. The smallest absolute Gasteiger partial charge is 0.228 e. The summed E-state index contributed by atoms with van der Waals surface area (Å²) >= 11 is 12.3. The zero-order chi connectivity index (χ0) is 21.2. The number of piperidine rings is 1. The van der Waals surface area contributed by atoms with E-state index in [1.807, 2.05) is 32.0 Å². The summed E-state index contributed by atoms with van der Waals surface area (Å²) < 4.78 is 27.3. The zero-order valence-electron chi connectivity index (χ0n) is 16.4. The van der Waals surface area contributed by atoms with E-state index in [-0.39, 0.29) is 18.2 Å². The maximum absolute atomic E-state index is 13.0. The summed E-state index contributed by atoms with van der Waals surface area (Å²) in [6.07, 6.45) is 1.27. The van der Waals surface area contributed by atoms with E-state index >= 15 is 0 Å². The molecule has 0 radical (unpaired) electrons. The minimum atomic E-state index is -3.65. The second-order valence-corrected chi connectivity index (χ2v) is 10.2. The number of benzene rings is 2. The molecule has 1 unspecified atom stereocenters. The van der Waals surface area contributed by atoms with Gasteiger partial charge in [0, 0.05) is 34.4 Å². The molecule has 1 atom stereocenters. The van der Waals surface area contributed by atoms with Gasteiger partial charge in [0.25, 0.3) is 0 Å². The molecule has 1 amide bonds. The Hall–Kier alpha value is -1.60. The first-order valence-electron chi connectivity index (χ1n) is 9.47. The van der Waals surface area contributed by atoms with Crippen LogP contribution in [0.3, 0.4) is 0 Å². The van der Waals surface area contributed by atoms with Gasteiger partial charge >= 0.3 is 0 Å². The number of sulfonamides is 1. The maximum atomic E-state index is 13.0. The lowest BCUT2D eigenvalue weighted by Crippen LogP contribution is -2.44. The highest BCUT2D eigenvalue weighted by Crippen LogP contribution is 2.29. The summed E-state index contributed by atoms with van der Waals surface area (Å²) in [5.74, 6) is -0.842. The number of nitrogens with zero attached hydrogens (tertiary/aromatic N) is 1. The monoisotopic (exact) mass is 454 g/mol. The van der Waals surface area contributed by atoms with E-state index in [0.29, 0.717) is 35.0 Å². The number of hydrogen-bond donors (Lipinski definition) is 1. The van der Waals surface area contributed by atoms with Gasteiger partial charge in [0.15, 0.2) is 0 Å². The fourth-order valence-corrected chi connectivity index (χ4v) is 5.84. The summed E-state index contributed by atoms with van der Waals surface area (Å²) in [7, 11) is -3.65. The minimum Gasteiger partial charge on any atom is -0.326 e. The van der Waals surface area contributed by atoms with E-state index in [9.17, 15) is 13.2 Å². The van der Waals surface area contributed by atoms with Crippen molar-refractivity contribution in [1.29, 1.82) is 0 Å². The van der Waals surface area contributed by atoms with Gasteiger partial charge in [-0.15, -0.1) is 0 Å². The Balaban J connectivity index is 1.72. The van der Waals surface area contributed by atoms with Crippen LogP contribution in [-0.2, 0) is 20.6 Å². The second kappa shape index (κ2) is 9.04. The number of hydrogen-bond acceptors (Lipinski definition) is 3. The SMILES string of the molecule is Cc1cccc(NC(=O)C2CCCN(S(=O)(=O)Cc3c(Cl)cccc3Cl)C2)c1C. The topological polar surface area (TPSA) is 66.5 Å². The molecule has 0 aromatic heterocycles. The summed E-state index contributed by atoms with van der Waals surface area (Å²) in [6, 6.07) is 10.7. The molecule has 0 aliphatic carbocycles. The van der Waals surface area contributed by atoms with Crippen molar-refractivity contribution in [2.24, 2.45) is 5.92 Å². The molecule has 3 rings (SSSR count). The highest BCUT2D eigenvalue weighted by molar-refractivity contribution is 7.88. The second-order valence-electron chi connectivity index (χ2n) is 7.39. The van der Waals surface area contributed by atoms with Crippen LogP contribution in [0, 0.1) is 19.8 Å². The quantitative estimate of drug-likeness (QED) is 0.705. The molecule has 156 valence electrons. The van der Waals surface area contributed by atoms with Gasteiger partial charge in [-0.1, -0.05) is 41.4 Å². The third-order valence-electron chi connectivity index (χ3n) is 5.40. The number of aryl methyl sites for hydroxylation is 1. The summed E-state index contributed by atoms with van der Waals surface area (Å²) in [6.45, 7) is 4.48. The molecule has 5 nitrogen and oxygen atoms in total. The number of nitrogens with one attached hydrogen (secondary N) is 1. The lowest BCUT2D eigenvalue weighted by Gasteiger charge is -2.31. The van der Waals surface area contributed by atoms with Crippen molar-refractivity contribution in [3.8, 4) is 0 Å². The molecule has 0 spiro atoms. The Labute approximate surface area is 182 Å². The molecule has 0 bridgehead atoms. The molecule has 29 heavy (non-hydrogen) atoms. The number of carbonyl (C=O) groups is 1. The van der Waals surface area contributed by atoms with Crippen molar-refractivity contribution in [1.82, 2.24) is 4.31 Å². The largest absolute Gasteiger partial charge is 0.326 e. The van der Waals surface area contributed by atoms with E-state index in [1.165, 1.54) is 4.31 Å². The summed E-state index contributed by atoms with van der Waals surface area (Å²) in [4.78, 5) is 12.8. The molecule has 0 saturated carbocycles. The van der Waals surface area contributed by atoms with Crippen molar-refractivity contribution >= 4 is 44.8 Å². The molecule has 1 saturated heterocycles. The van der Waals surface area contributed by atoms with Crippen molar-refractivity contribution in [3.05, 3.63) is 63.1 Å². The molecule has 1 aliphatic heterocycles. The normalized spacial score (nSPS) is 17.9. The van der Waals surface area contributed by atoms with Gasteiger partial charge in [-0.2, -0.15) is 0 Å². The Bertz CT molecular complexity index is 1000. The van der Waals surface area contributed by atoms with Crippen molar-refractivity contribution < 1.29 is 13.2 Å². The first kappa shape index (κ1) is 22.1. The third-order valence-corrected chi connectivity index (χ3v) is 7.88. The van der Waals surface area contributed by atoms with Crippen molar-refractivity contribution in [2.75, 3.05) is 18.4 Å². The van der Waals surface area contributed by atoms with Crippen LogP contribution in [0.15, 0.2) is 36.4 Å². The Morgan fingerprint density at radius 2 is 1.79 bits per heavy atom. The first-order valence-corrected chi connectivity index (χ1v) is 11.8. The first-order chi connectivity index (χ1) is 13.7. The van der Waals surface area contributed by atoms with Crippen LogP contribution in [0.1, 0.15) is 29.5 Å². The lowest BCUT2D eigenvalue weighted by molar-refractivity contribution is -0.120. The molecular formula is C21H24Cl2N2O3S. The molecule has 2 aromatic rings. The van der Waals surface area contributed by atoms with Crippen molar-refractivity contribution in [3.63, 3.8) is 0 Å². The van der Waals surface area contributed by atoms with Crippen LogP contribution < -0.4 is 5.32 Å². The number of anilines is 1. The van der Waals surface area contributed by atoms with Gasteiger partial charge in [0.05, 0.1) is 11.7 Å². The average Bonchev–Trinajstić information content (AvgIpc) is 2.68. The molecule has 1 fully saturated rings. The summed E-state index contributed by atoms with van der Waals surface area (Å²) in [5, 5.41) is 3.60. The predicted octanol–water partition coefficient (Wildman–Crippen LogP) is 4.79. The molecule has 8 heteroatoms. The van der Waals surface area contributed by atoms with Gasteiger partial charge in [-0.3, -0.25) is 4.79 Å². The van der Waals surface area contributed by atoms with E-state index in [0.717, 1.165) is 16.8 Å². The molecule has 2 aromatic carbocycles. The standard InChI is InChI=1S/C21H24Cl2N2O3S/c1-14-6-3-10-20(15(14)2)24-21(26)16-7-5-11-25(12-16)29(27,28)13-17-18(22)8-4-9-19(17)23/h3-4,6,8-10,16H,5,7,11-13H2,1-2H3,(H,24,26). The molecular weight excluding hydrogens is 431 g/mol. The van der Waals surface area contributed by atoms with Crippen LogP contribution in [0.4, 0.5) is 5.69 Å². The van der Waals surface area contributed by atoms with Crippen LogP contribution in [0.5, 0.6) is 0 Å². The highest BCUT2D eigenvalue weighted by Gasteiger charge is 2.33. The lowest BCUT2D eigenvalue weighted by atomic mass is 9.98. The predicted molar refractivity (Wildman–Crippen MR) is 118 cm³/mol. The van der Waals surface area contributed by atoms with Crippen LogP contribution in [0.25, 0.3) is 0 Å². The van der Waals surface area contributed by atoms with Crippen molar-refractivity contribution in [2.45, 2.75) is 32.4 Å². The fraction of sp³-hybridized carbons (Fsp3) is 0.381. The fourth-order valence-electron chi connectivity index (χ4n) is 3.47. The number of carbonyl (C=O) groups excluding carboxylic acids is 1. The average molecular weight is 455 g/mol. The maximum Gasteiger partial charge on any atom is 0.228 e. The number of rotatable bonds is 5. The Morgan fingerprint density at radius 1 is 1.14 bits per heavy atom. The van der Waals surface area contributed by atoms with Gasteiger partial charge < -0.3 is 5.32 Å². The minimum absolute atomic E-state index is 0.154. The molecule has 1 heterocycles. The van der Waals surface area contributed by atoms with Gasteiger partial charge in [-0.05, 0) is 56.0 Å². The van der Waals surface area contributed by atoms with E-state index in [2.05, 4.69) is 5.32 Å². The van der Waals surface area contributed by atoms with E-state index in [4.69, 9.17) is 23.2 Å². The van der Waals surface area contributed by atoms with E-state index in [1.54, 1.807) is 18.2 Å². The van der Waals surface area contributed by atoms with Gasteiger partial charge in [0.1, 0.15) is 0 Å². The zero-order valence-corrected chi connectivity index (χ0v) is 18.7. The van der Waals surface area contributed by atoms with Gasteiger partial charge in [-0.25, -0.2) is 12.7 Å². The molecule has 1 aliphatic rings. The molecule has 1 N–H and O–H groups in total. The van der Waals surface area contributed by atoms with Crippen LogP contribution in [0.2, 0.25) is 10.0 Å². The number of halogens is 2. The number of amides is 1. The van der Waals surface area contributed by atoms with Crippen LogP contribution >= 0.6 is 23.2 Å².